The minimum absolute atomic E-state index is 0.366. The van der Waals surface area contributed by atoms with Gasteiger partial charge in [-0.3, -0.25) is 0 Å². The summed E-state index contributed by atoms with van der Waals surface area (Å²) in [5, 5.41) is 0. The molecule has 2 nitrogen and oxygen atoms in total. The lowest BCUT2D eigenvalue weighted by Gasteiger charge is -2.12. The number of hydrogen-bond donors (Lipinski definition) is 1. The number of hydrogen-bond acceptors (Lipinski definition) is 2. The van der Waals surface area contributed by atoms with Crippen molar-refractivity contribution in [2.75, 3.05) is 0 Å². The Hall–Kier alpha value is -1.87. The van der Waals surface area contributed by atoms with E-state index < -0.39 is 0 Å². The van der Waals surface area contributed by atoms with Crippen molar-refractivity contribution in [1.29, 1.82) is 0 Å². The average Bonchev–Trinajstić information content (AvgIpc) is 2.88. The van der Waals surface area contributed by atoms with Crippen molar-refractivity contribution in [3.8, 4) is 11.5 Å². The van der Waals surface area contributed by atoms with E-state index in [9.17, 15) is 0 Å². The van der Waals surface area contributed by atoms with E-state index in [-0.39, 0.29) is 0 Å². The minimum atomic E-state index is 0.366. The molecule has 0 heterocycles. The SMILES string of the molecule is Cc1ccc(Oc2ccc3c(c2)CCC3)c(C(N)=S)c1. The third-order valence-corrected chi connectivity index (χ3v) is 3.92. The van der Waals surface area contributed by atoms with Crippen LogP contribution in [0.3, 0.4) is 0 Å². The lowest BCUT2D eigenvalue weighted by molar-refractivity contribution is 0.481. The minimum Gasteiger partial charge on any atom is -0.457 e. The van der Waals surface area contributed by atoms with Crippen molar-refractivity contribution in [3.63, 3.8) is 0 Å². The van der Waals surface area contributed by atoms with Crippen molar-refractivity contribution < 1.29 is 4.74 Å². The molecule has 20 heavy (non-hydrogen) atoms. The molecule has 0 atom stereocenters. The molecule has 2 N–H and O–H groups in total. The fourth-order valence-electron chi connectivity index (χ4n) is 2.66. The molecule has 0 unspecified atom stereocenters. The number of rotatable bonds is 3. The fourth-order valence-corrected chi connectivity index (χ4v) is 2.82. The van der Waals surface area contributed by atoms with Crippen LogP contribution in [0.15, 0.2) is 36.4 Å². The highest BCUT2D eigenvalue weighted by Crippen LogP contribution is 2.30. The second-order valence-electron chi connectivity index (χ2n) is 5.25. The van der Waals surface area contributed by atoms with Gasteiger partial charge in [-0.15, -0.1) is 0 Å². The monoisotopic (exact) mass is 283 g/mol. The quantitative estimate of drug-likeness (QED) is 0.867. The molecule has 102 valence electrons. The van der Waals surface area contributed by atoms with Crippen LogP contribution in [0.25, 0.3) is 0 Å². The highest BCUT2D eigenvalue weighted by Gasteiger charge is 2.13. The summed E-state index contributed by atoms with van der Waals surface area (Å²) in [6.07, 6.45) is 3.56. The third kappa shape index (κ3) is 2.54. The van der Waals surface area contributed by atoms with Crippen LogP contribution in [0.2, 0.25) is 0 Å². The first-order valence-electron chi connectivity index (χ1n) is 6.83. The number of ether oxygens (including phenoxy) is 1. The molecule has 0 spiro atoms. The second kappa shape index (κ2) is 5.25. The molecule has 0 amide bonds. The summed E-state index contributed by atoms with van der Waals surface area (Å²) < 4.78 is 5.98. The molecule has 0 radical (unpaired) electrons. The highest BCUT2D eigenvalue weighted by molar-refractivity contribution is 7.80. The van der Waals surface area contributed by atoms with E-state index >= 15 is 0 Å². The van der Waals surface area contributed by atoms with E-state index in [1.165, 1.54) is 24.0 Å². The zero-order valence-corrected chi connectivity index (χ0v) is 12.3. The van der Waals surface area contributed by atoms with E-state index in [4.69, 9.17) is 22.7 Å². The maximum atomic E-state index is 5.98. The van der Waals surface area contributed by atoms with Crippen LogP contribution in [0, 0.1) is 6.92 Å². The molecule has 1 aliphatic carbocycles. The molecule has 3 heteroatoms. The van der Waals surface area contributed by atoms with Crippen LogP contribution in [0.5, 0.6) is 11.5 Å². The van der Waals surface area contributed by atoms with E-state index in [1.54, 1.807) is 0 Å². The van der Waals surface area contributed by atoms with Crippen molar-refractivity contribution in [2.45, 2.75) is 26.2 Å². The Morgan fingerprint density at radius 1 is 1.10 bits per heavy atom. The van der Waals surface area contributed by atoms with Gasteiger partial charge in [-0.25, -0.2) is 0 Å². The largest absolute Gasteiger partial charge is 0.457 e. The Labute approximate surface area is 124 Å². The van der Waals surface area contributed by atoms with Gasteiger partial charge in [-0.1, -0.05) is 29.9 Å². The molecular formula is C17H17NOS. The number of benzene rings is 2. The second-order valence-corrected chi connectivity index (χ2v) is 5.69. The van der Waals surface area contributed by atoms with Crippen LogP contribution in [0.1, 0.15) is 28.7 Å². The van der Waals surface area contributed by atoms with Crippen LogP contribution in [-0.2, 0) is 12.8 Å². The van der Waals surface area contributed by atoms with E-state index in [0.717, 1.165) is 29.0 Å². The van der Waals surface area contributed by atoms with Crippen LogP contribution in [0.4, 0.5) is 0 Å². The first kappa shape index (κ1) is 13.1. The van der Waals surface area contributed by atoms with Crippen molar-refractivity contribution in [2.24, 2.45) is 5.73 Å². The summed E-state index contributed by atoms with van der Waals surface area (Å²) in [5.41, 5.74) is 10.5. The van der Waals surface area contributed by atoms with Gasteiger partial charge in [-0.05, 0) is 61.6 Å². The predicted octanol–water partition coefficient (Wildman–Crippen LogP) is 3.91. The van der Waals surface area contributed by atoms with Crippen LogP contribution < -0.4 is 10.5 Å². The molecule has 0 saturated carbocycles. The maximum Gasteiger partial charge on any atom is 0.137 e. The smallest absolute Gasteiger partial charge is 0.137 e. The molecule has 2 aromatic rings. The first-order chi connectivity index (χ1) is 9.63. The Morgan fingerprint density at radius 2 is 1.90 bits per heavy atom. The lowest BCUT2D eigenvalue weighted by atomic mass is 10.1. The van der Waals surface area contributed by atoms with Gasteiger partial charge in [0.15, 0.2) is 0 Å². The van der Waals surface area contributed by atoms with E-state index in [1.807, 2.05) is 31.2 Å². The zero-order chi connectivity index (χ0) is 14.1. The van der Waals surface area contributed by atoms with Crippen molar-refractivity contribution >= 4 is 17.2 Å². The Bertz CT molecular complexity index is 679. The molecule has 0 aromatic heterocycles. The van der Waals surface area contributed by atoms with Gasteiger partial charge in [0.05, 0.1) is 5.56 Å². The Kier molecular flexibility index (Phi) is 3.45. The summed E-state index contributed by atoms with van der Waals surface area (Å²) in [5.74, 6) is 1.58. The van der Waals surface area contributed by atoms with Crippen LogP contribution >= 0.6 is 12.2 Å². The van der Waals surface area contributed by atoms with E-state index in [0.29, 0.717) is 4.99 Å². The summed E-state index contributed by atoms with van der Waals surface area (Å²) >= 11 is 5.10. The maximum absolute atomic E-state index is 5.98. The Morgan fingerprint density at radius 3 is 2.70 bits per heavy atom. The normalized spacial score (nSPS) is 13.1. The van der Waals surface area contributed by atoms with Gasteiger partial charge in [0.2, 0.25) is 0 Å². The van der Waals surface area contributed by atoms with Gasteiger partial charge >= 0.3 is 0 Å². The fraction of sp³-hybridized carbons (Fsp3) is 0.235. The third-order valence-electron chi connectivity index (χ3n) is 3.70. The average molecular weight is 283 g/mol. The van der Waals surface area contributed by atoms with Crippen LogP contribution in [-0.4, -0.2) is 4.99 Å². The topological polar surface area (TPSA) is 35.2 Å². The zero-order valence-electron chi connectivity index (χ0n) is 11.5. The molecule has 1 aliphatic rings. The molecule has 2 aromatic carbocycles. The van der Waals surface area contributed by atoms with E-state index in [2.05, 4.69) is 12.1 Å². The Balaban J connectivity index is 1.93. The number of thiocarbonyl (C=S) groups is 1. The standard InChI is InChI=1S/C17H17NOS/c1-11-5-8-16(15(9-11)17(18)20)19-14-7-6-12-3-2-4-13(12)10-14/h5-10H,2-4H2,1H3,(H2,18,20). The number of nitrogens with two attached hydrogens (primary N) is 1. The summed E-state index contributed by atoms with van der Waals surface area (Å²) in [4.78, 5) is 0.366. The first-order valence-corrected chi connectivity index (χ1v) is 7.24. The molecule has 0 bridgehead atoms. The van der Waals surface area contributed by atoms with Gasteiger partial charge < -0.3 is 10.5 Å². The molecule has 0 saturated heterocycles. The molecule has 3 rings (SSSR count). The summed E-state index contributed by atoms with van der Waals surface area (Å²) in [7, 11) is 0. The van der Waals surface area contributed by atoms with Gasteiger partial charge in [-0.2, -0.15) is 0 Å². The van der Waals surface area contributed by atoms with Crippen molar-refractivity contribution in [3.05, 3.63) is 58.7 Å². The molecule has 0 aliphatic heterocycles. The summed E-state index contributed by atoms with van der Waals surface area (Å²) in [6.45, 7) is 2.01. The number of fused-ring (bicyclic) bond motifs is 1. The number of aryl methyl sites for hydroxylation is 3. The molecular weight excluding hydrogens is 266 g/mol. The highest BCUT2D eigenvalue weighted by atomic mass is 32.1. The summed E-state index contributed by atoms with van der Waals surface area (Å²) in [6, 6.07) is 12.2. The van der Waals surface area contributed by atoms with Gasteiger partial charge in [0.25, 0.3) is 0 Å². The molecule has 0 fully saturated rings. The predicted molar refractivity (Wildman–Crippen MR) is 85.6 cm³/mol. The van der Waals surface area contributed by atoms with Crippen molar-refractivity contribution in [1.82, 2.24) is 0 Å². The van der Waals surface area contributed by atoms with Gasteiger partial charge in [0.1, 0.15) is 16.5 Å². The lowest BCUT2D eigenvalue weighted by Crippen LogP contribution is -2.11. The van der Waals surface area contributed by atoms with Gasteiger partial charge in [0, 0.05) is 0 Å².